The minimum Gasteiger partial charge on any atom is -0.481 e. The first kappa shape index (κ1) is 32.0. The van der Waals surface area contributed by atoms with Gasteiger partial charge in [-0.05, 0) is 57.6 Å². The zero-order valence-electron chi connectivity index (χ0n) is 20.9. The van der Waals surface area contributed by atoms with Crippen LogP contribution < -0.4 is 10.6 Å². The number of carboxylic acid groups (broad SMARTS) is 2. The second-order valence-corrected chi connectivity index (χ2v) is 11.4. The van der Waals surface area contributed by atoms with Gasteiger partial charge in [0.2, 0.25) is 5.91 Å². The Morgan fingerprint density at radius 2 is 1.78 bits per heavy atom. The van der Waals surface area contributed by atoms with E-state index in [1.807, 2.05) is 36.6 Å². The largest absolute Gasteiger partial charge is 0.481 e. The topological polar surface area (TPSA) is 142 Å². The number of thioether (sulfide) groups is 1. The fraction of sp³-hybridized carbons (Fsp3) is 0.583. The summed E-state index contributed by atoms with van der Waals surface area (Å²) in [4.78, 5) is 48.1. The third-order valence-corrected chi connectivity index (χ3v) is 8.25. The molecule has 36 heavy (non-hydrogen) atoms. The van der Waals surface area contributed by atoms with Crippen LogP contribution in [0.4, 0.5) is 4.79 Å². The van der Waals surface area contributed by atoms with Crippen LogP contribution in [0.3, 0.4) is 0 Å². The maximum atomic E-state index is 12.9. The molecule has 4 atom stereocenters. The third kappa shape index (κ3) is 10.9. The van der Waals surface area contributed by atoms with Crippen LogP contribution in [0.1, 0.15) is 39.2 Å². The summed E-state index contributed by atoms with van der Waals surface area (Å²) in [6, 6.07) is 8.98. The highest BCUT2D eigenvalue weighted by molar-refractivity contribution is 8.68. The lowest BCUT2D eigenvalue weighted by molar-refractivity contribution is -0.152. The number of amides is 2. The molecule has 0 spiro atoms. The standard InChI is InChI=1S/C24H36N2O7S3/c1-15(24(2,3)22(30)31)33-23(32)26-18(10-11-35-4)19(36-34)13-17(21(29)25-14-20(27)28)12-16-8-6-5-7-9-16/h5-9,15,17-19,34H,10-14H2,1-4H3,(H,25,29)(H,26,32)(H,27,28)(H,30,31). The van der Waals surface area contributed by atoms with Crippen molar-refractivity contribution >= 4 is 58.2 Å². The number of ether oxygens (including phenoxy) is 1. The molecule has 0 bridgehead atoms. The van der Waals surface area contributed by atoms with Crippen LogP contribution in [-0.2, 0) is 25.5 Å². The van der Waals surface area contributed by atoms with Gasteiger partial charge in [-0.3, -0.25) is 14.4 Å². The van der Waals surface area contributed by atoms with E-state index >= 15 is 0 Å². The van der Waals surface area contributed by atoms with Gasteiger partial charge in [0.15, 0.2) is 0 Å². The molecule has 0 aliphatic rings. The van der Waals surface area contributed by atoms with E-state index in [0.29, 0.717) is 19.3 Å². The van der Waals surface area contributed by atoms with E-state index in [2.05, 4.69) is 22.3 Å². The second kappa shape index (κ2) is 15.9. The summed E-state index contributed by atoms with van der Waals surface area (Å²) in [5.41, 5.74) is -0.346. The summed E-state index contributed by atoms with van der Waals surface area (Å²) in [5, 5.41) is 23.4. The normalized spacial score (nSPS) is 14.7. The monoisotopic (exact) mass is 560 g/mol. The van der Waals surface area contributed by atoms with Crippen molar-refractivity contribution in [2.24, 2.45) is 11.3 Å². The molecule has 2 amide bonds. The van der Waals surface area contributed by atoms with Gasteiger partial charge in [-0.15, -0.1) is 11.7 Å². The van der Waals surface area contributed by atoms with Gasteiger partial charge in [0.1, 0.15) is 12.6 Å². The van der Waals surface area contributed by atoms with Crippen LogP contribution >= 0.6 is 34.2 Å². The van der Waals surface area contributed by atoms with E-state index < -0.39 is 54.0 Å². The number of hydrogen-bond donors (Lipinski definition) is 5. The summed E-state index contributed by atoms with van der Waals surface area (Å²) in [5.74, 6) is -2.45. The van der Waals surface area contributed by atoms with Gasteiger partial charge in [-0.25, -0.2) is 4.79 Å². The lowest BCUT2D eigenvalue weighted by atomic mass is 9.88. The van der Waals surface area contributed by atoms with E-state index in [9.17, 15) is 24.3 Å². The molecule has 0 radical (unpaired) electrons. The summed E-state index contributed by atoms with van der Waals surface area (Å²) >= 11 is 6.01. The molecule has 0 heterocycles. The van der Waals surface area contributed by atoms with Crippen LogP contribution in [-0.4, -0.2) is 70.1 Å². The molecule has 4 N–H and O–H groups in total. The van der Waals surface area contributed by atoms with Crippen molar-refractivity contribution in [3.63, 3.8) is 0 Å². The number of aliphatic carboxylic acids is 2. The maximum absolute atomic E-state index is 12.9. The van der Waals surface area contributed by atoms with Crippen molar-refractivity contribution in [2.75, 3.05) is 18.6 Å². The van der Waals surface area contributed by atoms with Crippen molar-refractivity contribution in [3.05, 3.63) is 35.9 Å². The molecule has 0 saturated carbocycles. The molecular formula is C24H36N2O7S3. The molecule has 1 aromatic rings. The van der Waals surface area contributed by atoms with Gasteiger partial charge in [0.25, 0.3) is 0 Å². The number of thiol groups is 1. The highest BCUT2D eigenvalue weighted by atomic mass is 33.1. The number of carboxylic acids is 2. The SMILES string of the molecule is CSCCC(NC(=O)OC(C)C(C)(C)C(=O)O)C(CC(Cc1ccccc1)C(=O)NCC(=O)O)SS. The van der Waals surface area contributed by atoms with E-state index in [1.165, 1.54) is 31.6 Å². The lowest BCUT2D eigenvalue weighted by Crippen LogP contribution is -2.47. The fourth-order valence-electron chi connectivity index (χ4n) is 3.31. The van der Waals surface area contributed by atoms with Crippen molar-refractivity contribution in [1.82, 2.24) is 10.6 Å². The molecule has 1 rings (SSSR count). The fourth-order valence-corrected chi connectivity index (χ4v) is 5.17. The number of alkyl carbamates (subject to hydrolysis) is 1. The number of carbonyl (C=O) groups excluding carboxylic acids is 2. The Hall–Kier alpha value is -2.05. The van der Waals surface area contributed by atoms with Gasteiger partial charge in [-0.1, -0.05) is 41.1 Å². The van der Waals surface area contributed by atoms with Crippen molar-refractivity contribution < 1.29 is 34.1 Å². The molecule has 0 fully saturated rings. The minimum atomic E-state index is -1.27. The average Bonchev–Trinajstić information content (AvgIpc) is 2.83. The Labute approximate surface area is 225 Å². The maximum Gasteiger partial charge on any atom is 0.407 e. The average molecular weight is 561 g/mol. The smallest absolute Gasteiger partial charge is 0.407 e. The molecule has 1 aromatic carbocycles. The van der Waals surface area contributed by atoms with E-state index in [0.717, 1.165) is 11.3 Å². The van der Waals surface area contributed by atoms with Crippen LogP contribution in [0.2, 0.25) is 0 Å². The predicted molar refractivity (Wildman–Crippen MR) is 147 cm³/mol. The molecule has 0 aliphatic heterocycles. The van der Waals surface area contributed by atoms with E-state index in [1.54, 1.807) is 11.8 Å². The number of carbonyl (C=O) groups is 4. The zero-order chi connectivity index (χ0) is 27.3. The minimum absolute atomic E-state index is 0.305. The zero-order valence-corrected chi connectivity index (χ0v) is 23.5. The highest BCUT2D eigenvalue weighted by Crippen LogP contribution is 2.30. The molecule has 0 saturated heterocycles. The Morgan fingerprint density at radius 1 is 1.14 bits per heavy atom. The summed E-state index contributed by atoms with van der Waals surface area (Å²) in [6.07, 6.45) is 1.59. The quantitative estimate of drug-likeness (QED) is 0.151. The molecule has 202 valence electrons. The van der Waals surface area contributed by atoms with E-state index in [4.69, 9.17) is 9.84 Å². The first-order chi connectivity index (χ1) is 16.9. The number of benzene rings is 1. The van der Waals surface area contributed by atoms with Crippen LogP contribution in [0, 0.1) is 11.3 Å². The van der Waals surface area contributed by atoms with Gasteiger partial charge in [0, 0.05) is 17.2 Å². The molecule has 4 unspecified atom stereocenters. The Morgan fingerprint density at radius 3 is 2.31 bits per heavy atom. The summed E-state index contributed by atoms with van der Waals surface area (Å²) in [6.45, 7) is 4.00. The Kier molecular flexibility index (Phi) is 14.2. The number of hydrogen-bond acceptors (Lipinski definition) is 8. The van der Waals surface area contributed by atoms with Crippen molar-refractivity contribution in [2.45, 2.75) is 57.4 Å². The third-order valence-electron chi connectivity index (χ3n) is 6.00. The molecule has 0 aliphatic carbocycles. The van der Waals surface area contributed by atoms with Gasteiger partial charge in [0.05, 0.1) is 5.41 Å². The molecule has 0 aromatic heterocycles. The van der Waals surface area contributed by atoms with Crippen LogP contribution in [0.15, 0.2) is 30.3 Å². The number of nitrogens with one attached hydrogen (secondary N) is 2. The van der Waals surface area contributed by atoms with Gasteiger partial charge >= 0.3 is 18.0 Å². The summed E-state index contributed by atoms with van der Waals surface area (Å²) < 4.78 is 5.38. The van der Waals surface area contributed by atoms with Crippen LogP contribution in [0.25, 0.3) is 0 Å². The van der Waals surface area contributed by atoms with Gasteiger partial charge < -0.3 is 25.6 Å². The first-order valence-electron chi connectivity index (χ1n) is 11.4. The van der Waals surface area contributed by atoms with Crippen molar-refractivity contribution in [1.29, 1.82) is 0 Å². The second-order valence-electron chi connectivity index (χ2n) is 8.98. The Balaban J connectivity index is 3.05. The Bertz CT molecular complexity index is 871. The summed E-state index contributed by atoms with van der Waals surface area (Å²) in [7, 11) is 1.20. The highest BCUT2D eigenvalue weighted by Gasteiger charge is 2.37. The molecule has 9 nitrogen and oxygen atoms in total. The molecular weight excluding hydrogens is 524 g/mol. The van der Waals surface area contributed by atoms with Crippen LogP contribution in [0.5, 0.6) is 0 Å². The molecule has 12 heteroatoms. The van der Waals surface area contributed by atoms with Crippen molar-refractivity contribution in [3.8, 4) is 0 Å². The van der Waals surface area contributed by atoms with E-state index in [-0.39, 0.29) is 5.25 Å². The number of rotatable bonds is 16. The lowest BCUT2D eigenvalue weighted by Gasteiger charge is -2.31. The van der Waals surface area contributed by atoms with Gasteiger partial charge in [-0.2, -0.15) is 11.8 Å². The first-order valence-corrected chi connectivity index (χ1v) is 14.8. The predicted octanol–water partition coefficient (Wildman–Crippen LogP) is 3.73.